The van der Waals surface area contributed by atoms with Crippen molar-refractivity contribution in [1.82, 2.24) is 9.97 Å². The minimum atomic E-state index is -0.0388. The maximum Gasteiger partial charge on any atom is 0.229 e. The van der Waals surface area contributed by atoms with Crippen LogP contribution in [0.4, 0.5) is 11.6 Å². The summed E-state index contributed by atoms with van der Waals surface area (Å²) in [5.41, 5.74) is 4.02. The summed E-state index contributed by atoms with van der Waals surface area (Å²) in [6.45, 7) is 7.63. The van der Waals surface area contributed by atoms with Crippen molar-refractivity contribution in [3.63, 3.8) is 0 Å². The molecule has 1 fully saturated rings. The minimum absolute atomic E-state index is 0.0388. The third kappa shape index (κ3) is 4.16. The van der Waals surface area contributed by atoms with E-state index in [0.29, 0.717) is 6.54 Å². The maximum atomic E-state index is 12.8. The van der Waals surface area contributed by atoms with E-state index < -0.39 is 0 Å². The number of carbonyl (C=O) groups excluding carboxylic acids is 1. The van der Waals surface area contributed by atoms with Gasteiger partial charge in [-0.25, -0.2) is 9.97 Å². The molecular formula is C20H26N4O. The van der Waals surface area contributed by atoms with Gasteiger partial charge in [0.2, 0.25) is 11.9 Å². The molecule has 0 aliphatic carbocycles. The molecule has 0 saturated carbocycles. The van der Waals surface area contributed by atoms with Crippen molar-refractivity contribution in [1.29, 1.82) is 0 Å². The van der Waals surface area contributed by atoms with E-state index in [-0.39, 0.29) is 11.8 Å². The van der Waals surface area contributed by atoms with E-state index in [1.807, 2.05) is 38.1 Å². The van der Waals surface area contributed by atoms with Crippen molar-refractivity contribution in [2.24, 2.45) is 5.92 Å². The Bertz CT molecular complexity index is 739. The summed E-state index contributed by atoms with van der Waals surface area (Å²) >= 11 is 0. The average molecular weight is 338 g/mol. The highest BCUT2D eigenvalue weighted by Gasteiger charge is 2.27. The predicted molar refractivity (Wildman–Crippen MR) is 101 cm³/mol. The molecule has 5 heteroatoms. The van der Waals surface area contributed by atoms with Crippen LogP contribution in [-0.4, -0.2) is 29.0 Å². The van der Waals surface area contributed by atoms with Crippen molar-refractivity contribution in [3.05, 3.63) is 47.3 Å². The fourth-order valence-corrected chi connectivity index (χ4v) is 3.41. The lowest BCUT2D eigenvalue weighted by atomic mass is 9.97. The van der Waals surface area contributed by atoms with E-state index in [2.05, 4.69) is 33.2 Å². The molecule has 1 aliphatic heterocycles. The average Bonchev–Trinajstić information content (AvgIpc) is 2.61. The molecule has 1 aliphatic rings. The Labute approximate surface area is 149 Å². The van der Waals surface area contributed by atoms with Crippen LogP contribution in [0.3, 0.4) is 0 Å². The number of aryl methyl sites for hydroxylation is 3. The predicted octanol–water partition coefficient (Wildman–Crippen LogP) is 3.51. The number of nitrogens with one attached hydrogen (secondary N) is 1. The Balaban J connectivity index is 1.71. The molecule has 0 unspecified atom stereocenters. The van der Waals surface area contributed by atoms with Crippen LogP contribution in [0, 0.1) is 19.8 Å². The summed E-state index contributed by atoms with van der Waals surface area (Å²) in [7, 11) is 0. The molecule has 1 N–H and O–H groups in total. The number of nitrogens with zero attached hydrogens (tertiary/aromatic N) is 3. The number of hydrogen-bond acceptors (Lipinski definition) is 4. The zero-order valence-electron chi connectivity index (χ0n) is 15.2. The lowest BCUT2D eigenvalue weighted by Gasteiger charge is -2.32. The first-order chi connectivity index (χ1) is 12.1. The van der Waals surface area contributed by atoms with Crippen molar-refractivity contribution in [3.8, 4) is 0 Å². The van der Waals surface area contributed by atoms with Crippen LogP contribution >= 0.6 is 0 Å². The Hall–Kier alpha value is -2.43. The first-order valence-corrected chi connectivity index (χ1v) is 9.03. The van der Waals surface area contributed by atoms with Gasteiger partial charge in [-0.3, -0.25) is 4.79 Å². The second-order valence-corrected chi connectivity index (χ2v) is 6.74. The number of amides is 1. The van der Waals surface area contributed by atoms with Gasteiger partial charge in [-0.1, -0.05) is 25.1 Å². The number of carbonyl (C=O) groups is 1. The highest BCUT2D eigenvalue weighted by atomic mass is 16.1. The van der Waals surface area contributed by atoms with Gasteiger partial charge in [0.25, 0.3) is 0 Å². The van der Waals surface area contributed by atoms with Gasteiger partial charge in [0.15, 0.2) is 0 Å². The van der Waals surface area contributed by atoms with E-state index in [1.54, 1.807) is 0 Å². The minimum Gasteiger partial charge on any atom is -0.340 e. The number of para-hydroxylation sites is 1. The molecule has 132 valence electrons. The Morgan fingerprint density at radius 2 is 1.96 bits per heavy atom. The van der Waals surface area contributed by atoms with E-state index >= 15 is 0 Å². The van der Waals surface area contributed by atoms with E-state index in [1.165, 1.54) is 5.56 Å². The zero-order valence-corrected chi connectivity index (χ0v) is 15.2. The molecule has 1 aromatic carbocycles. The van der Waals surface area contributed by atoms with Crippen molar-refractivity contribution in [2.45, 2.75) is 40.0 Å². The molecule has 0 spiro atoms. The molecule has 1 atom stereocenters. The number of piperidine rings is 1. The van der Waals surface area contributed by atoms with Gasteiger partial charge >= 0.3 is 0 Å². The van der Waals surface area contributed by atoms with Crippen LogP contribution in [0.1, 0.15) is 36.7 Å². The monoisotopic (exact) mass is 338 g/mol. The molecule has 1 amide bonds. The number of benzene rings is 1. The molecular weight excluding hydrogens is 312 g/mol. The molecule has 25 heavy (non-hydrogen) atoms. The SMILES string of the molecule is CCc1ccccc1NC(=O)[C@H]1CCCN(c2nc(C)cc(C)n2)C1. The third-order valence-electron chi connectivity index (χ3n) is 4.70. The standard InChI is InChI=1S/C20H26N4O/c1-4-16-8-5-6-10-18(16)23-19(25)17-9-7-11-24(13-17)20-21-14(2)12-15(3)22-20/h5-6,8,10,12,17H,4,7,9,11,13H2,1-3H3,(H,23,25)/t17-/m0/s1. The summed E-state index contributed by atoms with van der Waals surface area (Å²) in [6, 6.07) is 9.98. The van der Waals surface area contributed by atoms with Gasteiger partial charge in [-0.15, -0.1) is 0 Å². The number of aromatic nitrogens is 2. The highest BCUT2D eigenvalue weighted by molar-refractivity contribution is 5.93. The number of hydrogen-bond donors (Lipinski definition) is 1. The highest BCUT2D eigenvalue weighted by Crippen LogP contribution is 2.23. The van der Waals surface area contributed by atoms with Crippen LogP contribution < -0.4 is 10.2 Å². The second-order valence-electron chi connectivity index (χ2n) is 6.74. The largest absolute Gasteiger partial charge is 0.340 e. The molecule has 0 radical (unpaired) electrons. The van der Waals surface area contributed by atoms with Crippen LogP contribution in [0.2, 0.25) is 0 Å². The fourth-order valence-electron chi connectivity index (χ4n) is 3.41. The van der Waals surface area contributed by atoms with Gasteiger partial charge in [-0.05, 0) is 50.8 Å². The van der Waals surface area contributed by atoms with Gasteiger partial charge in [-0.2, -0.15) is 0 Å². The Morgan fingerprint density at radius 3 is 2.68 bits per heavy atom. The summed E-state index contributed by atoms with van der Waals surface area (Å²) in [6.07, 6.45) is 2.79. The number of anilines is 2. The van der Waals surface area contributed by atoms with Gasteiger partial charge < -0.3 is 10.2 Å². The van der Waals surface area contributed by atoms with E-state index in [9.17, 15) is 4.79 Å². The molecule has 0 bridgehead atoms. The number of rotatable bonds is 4. The van der Waals surface area contributed by atoms with E-state index in [0.717, 1.165) is 48.8 Å². The van der Waals surface area contributed by atoms with Gasteiger partial charge in [0.1, 0.15) is 0 Å². The van der Waals surface area contributed by atoms with E-state index in [4.69, 9.17) is 0 Å². The van der Waals surface area contributed by atoms with Crippen molar-refractivity contribution in [2.75, 3.05) is 23.3 Å². The Kier molecular flexibility index (Phi) is 5.31. The Morgan fingerprint density at radius 1 is 1.24 bits per heavy atom. The first-order valence-electron chi connectivity index (χ1n) is 9.03. The van der Waals surface area contributed by atoms with Crippen LogP contribution in [-0.2, 0) is 11.2 Å². The second kappa shape index (κ2) is 7.64. The smallest absolute Gasteiger partial charge is 0.229 e. The maximum absolute atomic E-state index is 12.8. The lowest BCUT2D eigenvalue weighted by molar-refractivity contribution is -0.120. The van der Waals surface area contributed by atoms with Crippen molar-refractivity contribution >= 4 is 17.5 Å². The lowest BCUT2D eigenvalue weighted by Crippen LogP contribution is -2.41. The summed E-state index contributed by atoms with van der Waals surface area (Å²) in [4.78, 5) is 24.0. The molecule has 2 aromatic rings. The van der Waals surface area contributed by atoms with Crippen LogP contribution in [0.5, 0.6) is 0 Å². The first kappa shape index (κ1) is 17.4. The van der Waals surface area contributed by atoms with Crippen molar-refractivity contribution < 1.29 is 4.79 Å². The molecule has 3 rings (SSSR count). The van der Waals surface area contributed by atoms with Crippen LogP contribution in [0.15, 0.2) is 30.3 Å². The molecule has 1 saturated heterocycles. The summed E-state index contributed by atoms with van der Waals surface area (Å²) in [5.74, 6) is 0.794. The fraction of sp³-hybridized carbons (Fsp3) is 0.450. The van der Waals surface area contributed by atoms with Gasteiger partial charge in [0, 0.05) is 30.2 Å². The molecule has 1 aromatic heterocycles. The summed E-state index contributed by atoms with van der Waals surface area (Å²) < 4.78 is 0. The summed E-state index contributed by atoms with van der Waals surface area (Å²) in [5, 5.41) is 3.12. The normalized spacial score (nSPS) is 17.4. The van der Waals surface area contributed by atoms with Crippen LogP contribution in [0.25, 0.3) is 0 Å². The molecule has 2 heterocycles. The quantitative estimate of drug-likeness (QED) is 0.927. The van der Waals surface area contributed by atoms with Gasteiger partial charge in [0.05, 0.1) is 5.92 Å². The topological polar surface area (TPSA) is 58.1 Å². The molecule has 5 nitrogen and oxygen atoms in total. The third-order valence-corrected chi connectivity index (χ3v) is 4.70. The zero-order chi connectivity index (χ0) is 17.8.